The molecular weight excluding hydrogens is 218 g/mol. The number of aliphatic carboxylic acids is 2. The van der Waals surface area contributed by atoms with E-state index in [-0.39, 0.29) is 0 Å². The molecule has 1 atom stereocenters. The van der Waals surface area contributed by atoms with Crippen LogP contribution in [0.2, 0.25) is 0 Å². The van der Waals surface area contributed by atoms with Gasteiger partial charge in [0.2, 0.25) is 5.54 Å². The average Bonchev–Trinajstić information content (AvgIpc) is 1.98. The van der Waals surface area contributed by atoms with E-state index < -0.39 is 35.5 Å². The van der Waals surface area contributed by atoms with Crippen LogP contribution in [0.1, 0.15) is 27.2 Å². The molecule has 0 aliphatic heterocycles. The van der Waals surface area contributed by atoms with Gasteiger partial charge < -0.3 is 20.7 Å². The Balaban J connectivity index is 4.99. The number of carboxylic acid groups (broad SMARTS) is 2. The number of carboxylic acids is 2. The highest BCUT2D eigenvalue weighted by molar-refractivity contribution is 6.06. The van der Waals surface area contributed by atoms with Crippen LogP contribution in [0.15, 0.2) is 0 Å². The summed E-state index contributed by atoms with van der Waals surface area (Å²) in [7, 11) is 0. The molecule has 0 fully saturated rings. The van der Waals surface area contributed by atoms with Crippen molar-refractivity contribution in [3.05, 3.63) is 0 Å². The van der Waals surface area contributed by atoms with Crippen molar-refractivity contribution in [3.8, 4) is 0 Å². The molecule has 0 aromatic carbocycles. The number of ether oxygens (including phenoxy) is 1. The highest BCUT2D eigenvalue weighted by atomic mass is 16.6. The fourth-order valence-corrected chi connectivity index (χ4v) is 0.843. The molecule has 0 saturated heterocycles. The van der Waals surface area contributed by atoms with Gasteiger partial charge in [-0.2, -0.15) is 0 Å². The average molecular weight is 233 g/mol. The fourth-order valence-electron chi connectivity index (χ4n) is 0.843. The molecule has 16 heavy (non-hydrogen) atoms. The monoisotopic (exact) mass is 233 g/mol. The predicted octanol–water partition coefficient (Wildman–Crippen LogP) is -0.415. The zero-order chi connectivity index (χ0) is 13.1. The van der Waals surface area contributed by atoms with E-state index in [9.17, 15) is 14.4 Å². The van der Waals surface area contributed by atoms with Gasteiger partial charge in [0.25, 0.3) is 0 Å². The third-order valence-corrected chi connectivity index (χ3v) is 1.57. The van der Waals surface area contributed by atoms with E-state index in [1.54, 1.807) is 0 Å². The van der Waals surface area contributed by atoms with Crippen LogP contribution in [-0.4, -0.2) is 39.3 Å². The van der Waals surface area contributed by atoms with Gasteiger partial charge in [-0.15, -0.1) is 0 Å². The number of carbonyl (C=O) groups excluding carboxylic acids is 1. The van der Waals surface area contributed by atoms with E-state index in [1.165, 1.54) is 20.8 Å². The highest BCUT2D eigenvalue weighted by Gasteiger charge is 2.47. The Kier molecular flexibility index (Phi) is 4.02. The minimum Gasteiger partial charge on any atom is -0.481 e. The van der Waals surface area contributed by atoms with E-state index in [0.29, 0.717) is 0 Å². The zero-order valence-electron chi connectivity index (χ0n) is 9.31. The molecule has 7 heteroatoms. The number of hydrogen-bond acceptors (Lipinski definition) is 5. The number of rotatable bonds is 4. The van der Waals surface area contributed by atoms with Gasteiger partial charge in [0.1, 0.15) is 5.60 Å². The first kappa shape index (κ1) is 14.4. The van der Waals surface area contributed by atoms with Crippen LogP contribution in [0, 0.1) is 0 Å². The number of nitrogens with two attached hydrogens (primary N) is 1. The third-order valence-electron chi connectivity index (χ3n) is 1.57. The lowest BCUT2D eigenvalue weighted by Crippen LogP contribution is -2.58. The summed E-state index contributed by atoms with van der Waals surface area (Å²) in [6, 6.07) is 0. The first-order valence-electron chi connectivity index (χ1n) is 4.46. The molecule has 0 aliphatic rings. The SMILES string of the molecule is CC(C)(C)OC(=O)[C@](N)(CC(=O)O)C(=O)O. The summed E-state index contributed by atoms with van der Waals surface area (Å²) >= 11 is 0. The van der Waals surface area contributed by atoms with E-state index in [4.69, 9.17) is 20.7 Å². The van der Waals surface area contributed by atoms with Gasteiger partial charge in [-0.25, -0.2) is 9.59 Å². The summed E-state index contributed by atoms with van der Waals surface area (Å²) in [6.45, 7) is 4.57. The zero-order valence-corrected chi connectivity index (χ0v) is 9.31. The van der Waals surface area contributed by atoms with Crippen LogP contribution >= 0.6 is 0 Å². The first-order chi connectivity index (χ1) is 6.99. The molecule has 4 N–H and O–H groups in total. The maximum Gasteiger partial charge on any atom is 0.338 e. The second-order valence-corrected chi connectivity index (χ2v) is 4.35. The Morgan fingerprint density at radius 3 is 1.88 bits per heavy atom. The Bertz CT molecular complexity index is 318. The van der Waals surface area contributed by atoms with Crippen molar-refractivity contribution in [1.82, 2.24) is 0 Å². The molecule has 0 heterocycles. The quantitative estimate of drug-likeness (QED) is 0.444. The number of carbonyl (C=O) groups is 3. The van der Waals surface area contributed by atoms with Crippen molar-refractivity contribution in [3.63, 3.8) is 0 Å². The van der Waals surface area contributed by atoms with Crippen molar-refractivity contribution in [2.75, 3.05) is 0 Å². The number of hydrogen-bond donors (Lipinski definition) is 3. The normalized spacial score (nSPS) is 15.0. The molecule has 0 aromatic heterocycles. The molecule has 0 aliphatic carbocycles. The van der Waals surface area contributed by atoms with Gasteiger partial charge in [-0.05, 0) is 20.8 Å². The maximum atomic E-state index is 11.5. The van der Waals surface area contributed by atoms with Crippen molar-refractivity contribution in [1.29, 1.82) is 0 Å². The summed E-state index contributed by atoms with van der Waals surface area (Å²) in [5.74, 6) is -4.49. The van der Waals surface area contributed by atoms with Crippen LogP contribution in [0.5, 0.6) is 0 Å². The van der Waals surface area contributed by atoms with E-state index in [0.717, 1.165) is 0 Å². The predicted molar refractivity (Wildman–Crippen MR) is 52.7 cm³/mol. The van der Waals surface area contributed by atoms with Gasteiger partial charge in [-0.1, -0.05) is 0 Å². The molecular formula is C9H15NO6. The molecule has 7 nitrogen and oxygen atoms in total. The van der Waals surface area contributed by atoms with E-state index >= 15 is 0 Å². The van der Waals surface area contributed by atoms with Crippen LogP contribution in [-0.2, 0) is 19.1 Å². The Morgan fingerprint density at radius 1 is 1.19 bits per heavy atom. The lowest BCUT2D eigenvalue weighted by Gasteiger charge is -2.26. The van der Waals surface area contributed by atoms with Gasteiger partial charge in [-0.3, -0.25) is 4.79 Å². The summed E-state index contributed by atoms with van der Waals surface area (Å²) in [6.07, 6.45) is -1.03. The van der Waals surface area contributed by atoms with Crippen molar-refractivity contribution < 1.29 is 29.3 Å². The van der Waals surface area contributed by atoms with E-state index in [1.807, 2.05) is 0 Å². The molecule has 92 valence electrons. The molecule has 0 rings (SSSR count). The largest absolute Gasteiger partial charge is 0.481 e. The van der Waals surface area contributed by atoms with Crippen LogP contribution in [0.3, 0.4) is 0 Å². The standard InChI is InChI=1S/C9H15NO6/c1-8(2,3)16-7(15)9(10,6(13)14)4-5(11)12/h4,10H2,1-3H3,(H,11,12)(H,13,14)/t9-/m0/s1. The highest BCUT2D eigenvalue weighted by Crippen LogP contribution is 2.16. The lowest BCUT2D eigenvalue weighted by molar-refractivity contribution is -0.172. The minimum atomic E-state index is -2.56. The summed E-state index contributed by atoms with van der Waals surface area (Å²) in [5, 5.41) is 17.3. The molecule has 0 amide bonds. The Labute approximate surface area is 92.2 Å². The topological polar surface area (TPSA) is 127 Å². The van der Waals surface area contributed by atoms with Gasteiger partial charge >= 0.3 is 17.9 Å². The van der Waals surface area contributed by atoms with Crippen LogP contribution in [0.4, 0.5) is 0 Å². The minimum absolute atomic E-state index is 0.935. The molecule has 0 saturated carbocycles. The van der Waals surface area contributed by atoms with Crippen molar-refractivity contribution in [2.45, 2.75) is 38.3 Å². The van der Waals surface area contributed by atoms with Crippen LogP contribution in [0.25, 0.3) is 0 Å². The third kappa shape index (κ3) is 3.85. The van der Waals surface area contributed by atoms with Gasteiger partial charge in [0, 0.05) is 0 Å². The number of esters is 1. The summed E-state index contributed by atoms with van der Waals surface area (Å²) < 4.78 is 4.76. The Hall–Kier alpha value is -1.63. The van der Waals surface area contributed by atoms with Gasteiger partial charge in [0.15, 0.2) is 0 Å². The molecule has 0 aromatic rings. The lowest BCUT2D eigenvalue weighted by atomic mass is 9.96. The second-order valence-electron chi connectivity index (χ2n) is 4.35. The van der Waals surface area contributed by atoms with Crippen LogP contribution < -0.4 is 5.73 Å². The fraction of sp³-hybridized carbons (Fsp3) is 0.667. The van der Waals surface area contributed by atoms with E-state index in [2.05, 4.69) is 0 Å². The smallest absolute Gasteiger partial charge is 0.338 e. The molecule has 0 spiro atoms. The summed E-state index contributed by atoms with van der Waals surface area (Å²) in [4.78, 5) is 32.7. The Morgan fingerprint density at radius 2 is 1.62 bits per heavy atom. The van der Waals surface area contributed by atoms with Crippen molar-refractivity contribution >= 4 is 17.9 Å². The maximum absolute atomic E-state index is 11.5. The summed E-state index contributed by atoms with van der Waals surface area (Å²) in [5.41, 5.74) is 1.75. The van der Waals surface area contributed by atoms with Crippen molar-refractivity contribution in [2.24, 2.45) is 5.73 Å². The molecule has 0 unspecified atom stereocenters. The molecule has 0 bridgehead atoms. The second kappa shape index (κ2) is 4.48. The molecule has 0 radical (unpaired) electrons. The van der Waals surface area contributed by atoms with Gasteiger partial charge in [0.05, 0.1) is 6.42 Å². The first-order valence-corrected chi connectivity index (χ1v) is 4.46.